The second kappa shape index (κ2) is 8.48. The molecule has 1 saturated carbocycles. The Hall–Kier alpha value is -2.36. The molecule has 0 unspecified atom stereocenters. The average molecular weight is 324 g/mol. The van der Waals surface area contributed by atoms with Crippen molar-refractivity contribution in [3.05, 3.63) is 54.4 Å². The molecule has 0 spiro atoms. The standard InChI is InChI=1S/C20H24N2O2/c23-20(17-7-4-13-21-15-17)22-18-8-10-19(11-9-18)24-14-12-16-5-2-1-3-6-16/h4,7-11,13,15-16H,1-3,5-6,12,14H2,(H,22,23). The number of aromatic nitrogens is 1. The van der Waals surface area contributed by atoms with E-state index in [0.29, 0.717) is 5.56 Å². The van der Waals surface area contributed by atoms with Crippen LogP contribution in [0, 0.1) is 5.92 Å². The zero-order valence-corrected chi connectivity index (χ0v) is 13.9. The molecular weight excluding hydrogens is 300 g/mol. The lowest BCUT2D eigenvalue weighted by atomic mass is 9.87. The Morgan fingerprint density at radius 3 is 2.62 bits per heavy atom. The van der Waals surface area contributed by atoms with Crippen LogP contribution in [-0.4, -0.2) is 17.5 Å². The molecule has 126 valence electrons. The van der Waals surface area contributed by atoms with Gasteiger partial charge in [0.15, 0.2) is 0 Å². The monoisotopic (exact) mass is 324 g/mol. The molecule has 0 atom stereocenters. The van der Waals surface area contributed by atoms with Crippen molar-refractivity contribution < 1.29 is 9.53 Å². The highest BCUT2D eigenvalue weighted by atomic mass is 16.5. The van der Waals surface area contributed by atoms with Crippen LogP contribution in [0.3, 0.4) is 0 Å². The zero-order chi connectivity index (χ0) is 16.6. The molecule has 4 heteroatoms. The van der Waals surface area contributed by atoms with E-state index < -0.39 is 0 Å². The van der Waals surface area contributed by atoms with Crippen molar-refractivity contribution in [2.24, 2.45) is 5.92 Å². The molecule has 0 saturated heterocycles. The molecule has 1 aliphatic carbocycles. The molecule has 24 heavy (non-hydrogen) atoms. The molecule has 1 fully saturated rings. The number of nitrogens with one attached hydrogen (secondary N) is 1. The summed E-state index contributed by atoms with van der Waals surface area (Å²) >= 11 is 0. The number of pyridine rings is 1. The van der Waals surface area contributed by atoms with Gasteiger partial charge in [0.05, 0.1) is 12.2 Å². The third-order valence-corrected chi connectivity index (χ3v) is 4.56. The third kappa shape index (κ3) is 4.82. The summed E-state index contributed by atoms with van der Waals surface area (Å²) in [6.07, 6.45) is 11.2. The molecule has 3 rings (SSSR count). The molecule has 4 nitrogen and oxygen atoms in total. The Labute approximate surface area is 143 Å². The van der Waals surface area contributed by atoms with E-state index in [0.717, 1.165) is 30.4 Å². The number of ether oxygens (including phenoxy) is 1. The molecule has 1 aromatic heterocycles. The minimum atomic E-state index is -0.158. The van der Waals surface area contributed by atoms with Gasteiger partial charge in [-0.15, -0.1) is 0 Å². The van der Waals surface area contributed by atoms with Crippen LogP contribution in [0.5, 0.6) is 5.75 Å². The molecule has 2 aromatic rings. The van der Waals surface area contributed by atoms with Crippen LogP contribution in [0.2, 0.25) is 0 Å². The Bertz CT molecular complexity index is 634. The van der Waals surface area contributed by atoms with Gasteiger partial charge in [-0.1, -0.05) is 32.1 Å². The first kappa shape index (κ1) is 16.5. The molecule has 1 aliphatic rings. The van der Waals surface area contributed by atoms with E-state index in [9.17, 15) is 4.79 Å². The summed E-state index contributed by atoms with van der Waals surface area (Å²) in [6, 6.07) is 11.0. The quantitative estimate of drug-likeness (QED) is 0.839. The van der Waals surface area contributed by atoms with Crippen LogP contribution < -0.4 is 10.1 Å². The lowest BCUT2D eigenvalue weighted by Crippen LogP contribution is -2.12. The summed E-state index contributed by atoms with van der Waals surface area (Å²) in [5, 5.41) is 2.86. The molecule has 1 N–H and O–H groups in total. The van der Waals surface area contributed by atoms with Crippen LogP contribution in [-0.2, 0) is 0 Å². The number of anilines is 1. The fourth-order valence-corrected chi connectivity index (χ4v) is 3.15. The number of hydrogen-bond donors (Lipinski definition) is 1. The van der Waals surface area contributed by atoms with Gasteiger partial charge < -0.3 is 10.1 Å². The molecule has 1 heterocycles. The summed E-state index contributed by atoms with van der Waals surface area (Å²) < 4.78 is 5.83. The topological polar surface area (TPSA) is 51.2 Å². The van der Waals surface area contributed by atoms with Gasteiger partial charge in [-0.25, -0.2) is 0 Å². The molecule has 0 radical (unpaired) electrons. The van der Waals surface area contributed by atoms with Gasteiger partial charge in [0.25, 0.3) is 5.91 Å². The van der Waals surface area contributed by atoms with Gasteiger partial charge in [0.2, 0.25) is 0 Å². The van der Waals surface area contributed by atoms with Gasteiger partial charge in [-0.05, 0) is 48.7 Å². The Kier molecular flexibility index (Phi) is 5.83. The molecule has 1 aromatic carbocycles. The van der Waals surface area contributed by atoms with Crippen molar-refractivity contribution in [1.82, 2.24) is 4.98 Å². The highest BCUT2D eigenvalue weighted by molar-refractivity contribution is 6.04. The van der Waals surface area contributed by atoms with Crippen molar-refractivity contribution in [3.8, 4) is 5.75 Å². The van der Waals surface area contributed by atoms with Crippen molar-refractivity contribution >= 4 is 11.6 Å². The van der Waals surface area contributed by atoms with Crippen molar-refractivity contribution in [2.75, 3.05) is 11.9 Å². The molecule has 0 aliphatic heterocycles. The van der Waals surface area contributed by atoms with Crippen LogP contribution in [0.25, 0.3) is 0 Å². The van der Waals surface area contributed by atoms with Crippen LogP contribution in [0.4, 0.5) is 5.69 Å². The number of hydrogen-bond acceptors (Lipinski definition) is 3. The maximum absolute atomic E-state index is 12.1. The molecule has 0 bridgehead atoms. The van der Waals surface area contributed by atoms with Gasteiger partial charge in [0.1, 0.15) is 5.75 Å². The number of nitrogens with zero attached hydrogens (tertiary/aromatic N) is 1. The summed E-state index contributed by atoms with van der Waals surface area (Å²) in [7, 11) is 0. The largest absolute Gasteiger partial charge is 0.494 e. The number of amides is 1. The van der Waals surface area contributed by atoms with Crippen LogP contribution in [0.15, 0.2) is 48.8 Å². The van der Waals surface area contributed by atoms with Crippen molar-refractivity contribution in [3.63, 3.8) is 0 Å². The maximum atomic E-state index is 12.1. The first-order valence-corrected chi connectivity index (χ1v) is 8.75. The second-order valence-electron chi connectivity index (χ2n) is 6.36. The van der Waals surface area contributed by atoms with E-state index in [2.05, 4.69) is 10.3 Å². The predicted molar refractivity (Wildman–Crippen MR) is 95.3 cm³/mol. The van der Waals surface area contributed by atoms with E-state index in [-0.39, 0.29) is 5.91 Å². The average Bonchev–Trinajstić information content (AvgIpc) is 2.65. The lowest BCUT2D eigenvalue weighted by Gasteiger charge is -2.21. The Balaban J connectivity index is 1.45. The molecule has 1 amide bonds. The number of carbonyl (C=O) groups is 1. The number of rotatable bonds is 6. The fraction of sp³-hybridized carbons (Fsp3) is 0.400. The normalized spacial score (nSPS) is 15.0. The third-order valence-electron chi connectivity index (χ3n) is 4.56. The predicted octanol–water partition coefficient (Wildman–Crippen LogP) is 4.68. The smallest absolute Gasteiger partial charge is 0.257 e. The zero-order valence-electron chi connectivity index (χ0n) is 13.9. The fourth-order valence-electron chi connectivity index (χ4n) is 3.15. The summed E-state index contributed by atoms with van der Waals surface area (Å²) in [5.74, 6) is 1.52. The minimum Gasteiger partial charge on any atom is -0.494 e. The van der Waals surface area contributed by atoms with Crippen molar-refractivity contribution in [1.29, 1.82) is 0 Å². The Morgan fingerprint density at radius 1 is 1.12 bits per heavy atom. The van der Waals surface area contributed by atoms with E-state index in [1.54, 1.807) is 24.5 Å². The lowest BCUT2D eigenvalue weighted by molar-refractivity contribution is 0.102. The number of carbonyl (C=O) groups excluding carboxylic acids is 1. The maximum Gasteiger partial charge on any atom is 0.257 e. The van der Waals surface area contributed by atoms with E-state index in [1.165, 1.54) is 32.1 Å². The van der Waals surface area contributed by atoms with Gasteiger partial charge in [0, 0.05) is 18.1 Å². The van der Waals surface area contributed by atoms with Gasteiger partial charge >= 0.3 is 0 Å². The summed E-state index contributed by atoms with van der Waals surface area (Å²) in [4.78, 5) is 16.0. The number of benzene rings is 1. The van der Waals surface area contributed by atoms with Gasteiger partial charge in [-0.2, -0.15) is 0 Å². The Morgan fingerprint density at radius 2 is 1.92 bits per heavy atom. The second-order valence-corrected chi connectivity index (χ2v) is 6.36. The van der Waals surface area contributed by atoms with Gasteiger partial charge in [-0.3, -0.25) is 9.78 Å². The molecular formula is C20H24N2O2. The van der Waals surface area contributed by atoms with E-state index in [1.807, 2.05) is 24.3 Å². The highest BCUT2D eigenvalue weighted by Gasteiger charge is 2.13. The van der Waals surface area contributed by atoms with E-state index in [4.69, 9.17) is 4.74 Å². The van der Waals surface area contributed by atoms with E-state index >= 15 is 0 Å². The van der Waals surface area contributed by atoms with Crippen LogP contribution in [0.1, 0.15) is 48.9 Å². The summed E-state index contributed by atoms with van der Waals surface area (Å²) in [5.41, 5.74) is 1.30. The SMILES string of the molecule is O=C(Nc1ccc(OCCC2CCCCC2)cc1)c1cccnc1. The summed E-state index contributed by atoms with van der Waals surface area (Å²) in [6.45, 7) is 0.770. The highest BCUT2D eigenvalue weighted by Crippen LogP contribution is 2.26. The minimum absolute atomic E-state index is 0.158. The van der Waals surface area contributed by atoms with Crippen LogP contribution >= 0.6 is 0 Å². The first-order chi connectivity index (χ1) is 11.8. The first-order valence-electron chi connectivity index (χ1n) is 8.75. The van der Waals surface area contributed by atoms with Crippen molar-refractivity contribution in [2.45, 2.75) is 38.5 Å².